The van der Waals surface area contributed by atoms with Crippen molar-refractivity contribution >= 4 is 5.91 Å². The van der Waals surface area contributed by atoms with E-state index in [2.05, 4.69) is 35.2 Å². The zero-order valence-electron chi connectivity index (χ0n) is 16.2. The van der Waals surface area contributed by atoms with E-state index in [0.29, 0.717) is 13.1 Å². The first-order valence-electron chi connectivity index (χ1n) is 9.53. The summed E-state index contributed by atoms with van der Waals surface area (Å²) in [6, 6.07) is 14.2. The number of carbonyl (C=O) groups excluding carboxylic acids is 1. The molecule has 3 heterocycles. The van der Waals surface area contributed by atoms with Gasteiger partial charge in [-0.3, -0.25) is 9.48 Å². The molecule has 0 aliphatic carbocycles. The van der Waals surface area contributed by atoms with Gasteiger partial charge < -0.3 is 9.47 Å². The maximum atomic E-state index is 13.3. The first kappa shape index (κ1) is 17.6. The Balaban J connectivity index is 1.66. The fourth-order valence-electron chi connectivity index (χ4n) is 4.05. The van der Waals surface area contributed by atoms with Gasteiger partial charge in [-0.1, -0.05) is 30.3 Å². The summed E-state index contributed by atoms with van der Waals surface area (Å²) in [5, 5.41) is 4.78. The summed E-state index contributed by atoms with van der Waals surface area (Å²) < 4.78 is 4.20. The molecule has 0 N–H and O–H groups in total. The van der Waals surface area contributed by atoms with E-state index >= 15 is 0 Å². The van der Waals surface area contributed by atoms with E-state index in [1.807, 2.05) is 54.5 Å². The van der Waals surface area contributed by atoms with Gasteiger partial charge in [-0.05, 0) is 44.0 Å². The molecule has 2 atom stereocenters. The molecule has 5 heteroatoms. The van der Waals surface area contributed by atoms with E-state index < -0.39 is 0 Å². The van der Waals surface area contributed by atoms with Crippen LogP contribution >= 0.6 is 0 Å². The second-order valence-corrected chi connectivity index (χ2v) is 7.40. The van der Waals surface area contributed by atoms with Crippen molar-refractivity contribution in [3.8, 4) is 0 Å². The van der Waals surface area contributed by atoms with Gasteiger partial charge in [0, 0.05) is 37.7 Å². The first-order valence-corrected chi connectivity index (χ1v) is 9.53. The van der Waals surface area contributed by atoms with Crippen LogP contribution in [-0.2, 0) is 11.3 Å². The van der Waals surface area contributed by atoms with Crippen LogP contribution in [0.3, 0.4) is 0 Å². The Morgan fingerprint density at radius 3 is 2.33 bits per heavy atom. The molecule has 0 radical (unpaired) electrons. The van der Waals surface area contributed by atoms with Crippen LogP contribution < -0.4 is 0 Å². The average molecular weight is 362 g/mol. The fourth-order valence-corrected chi connectivity index (χ4v) is 4.05. The molecule has 1 aliphatic heterocycles. The van der Waals surface area contributed by atoms with Gasteiger partial charge in [-0.15, -0.1) is 0 Å². The van der Waals surface area contributed by atoms with Crippen LogP contribution in [0.2, 0.25) is 0 Å². The minimum atomic E-state index is -0.187. The van der Waals surface area contributed by atoms with Gasteiger partial charge in [0.25, 0.3) is 0 Å². The monoisotopic (exact) mass is 362 g/mol. The van der Waals surface area contributed by atoms with Gasteiger partial charge in [0.1, 0.15) is 0 Å². The van der Waals surface area contributed by atoms with Crippen molar-refractivity contribution in [3.63, 3.8) is 0 Å². The molecule has 4 rings (SSSR count). The number of benzene rings is 1. The van der Waals surface area contributed by atoms with E-state index in [1.165, 1.54) is 5.56 Å². The Kier molecular flexibility index (Phi) is 4.60. The minimum absolute atomic E-state index is 0.0250. The maximum absolute atomic E-state index is 13.3. The molecule has 0 bridgehead atoms. The van der Waals surface area contributed by atoms with Gasteiger partial charge in [-0.25, -0.2) is 0 Å². The molecule has 1 saturated heterocycles. The van der Waals surface area contributed by atoms with Crippen molar-refractivity contribution in [2.75, 3.05) is 13.1 Å². The summed E-state index contributed by atoms with van der Waals surface area (Å²) >= 11 is 0. The quantitative estimate of drug-likeness (QED) is 0.697. The molecule has 2 unspecified atom stereocenters. The molecule has 2 aromatic heterocycles. The highest BCUT2D eigenvalue weighted by Crippen LogP contribution is 2.38. The minimum Gasteiger partial charge on any atom is -0.352 e. The van der Waals surface area contributed by atoms with Gasteiger partial charge in [0.2, 0.25) is 5.91 Å². The van der Waals surface area contributed by atoms with Crippen molar-refractivity contribution in [1.82, 2.24) is 19.2 Å². The van der Waals surface area contributed by atoms with E-state index in [9.17, 15) is 4.79 Å². The summed E-state index contributed by atoms with van der Waals surface area (Å²) in [5.74, 6) is 0.0109. The summed E-state index contributed by atoms with van der Waals surface area (Å²) in [5.41, 5.74) is 4.47. The standard InChI is InChI=1S/C22H26N4O/c1-16-17(2)23-26(18(16)3)20-15-25(14-13-24-11-7-8-12-24)22(27)21(20)19-9-5-4-6-10-19/h4-12,20-21H,13-15H2,1-3H3. The number of amides is 1. The molecule has 5 nitrogen and oxygen atoms in total. The predicted molar refractivity (Wildman–Crippen MR) is 106 cm³/mol. The van der Waals surface area contributed by atoms with Crippen LogP contribution in [0.25, 0.3) is 0 Å². The first-order chi connectivity index (χ1) is 13.1. The zero-order valence-corrected chi connectivity index (χ0v) is 16.2. The van der Waals surface area contributed by atoms with Crippen LogP contribution in [0.1, 0.15) is 34.5 Å². The van der Waals surface area contributed by atoms with Crippen LogP contribution in [-0.4, -0.2) is 38.2 Å². The van der Waals surface area contributed by atoms with E-state index in [0.717, 1.165) is 23.5 Å². The van der Waals surface area contributed by atoms with E-state index in [1.54, 1.807) is 0 Å². The topological polar surface area (TPSA) is 43.1 Å². The highest BCUT2D eigenvalue weighted by molar-refractivity contribution is 5.86. The average Bonchev–Trinajstić information content (AvgIpc) is 3.37. The smallest absolute Gasteiger partial charge is 0.232 e. The third-order valence-corrected chi connectivity index (χ3v) is 5.82. The molecule has 1 aromatic carbocycles. The molecule has 0 saturated carbocycles. The van der Waals surface area contributed by atoms with Gasteiger partial charge in [-0.2, -0.15) is 5.10 Å². The number of aryl methyl sites for hydroxylation is 1. The van der Waals surface area contributed by atoms with Crippen molar-refractivity contribution in [2.45, 2.75) is 39.3 Å². The van der Waals surface area contributed by atoms with Crippen LogP contribution in [0.15, 0.2) is 54.9 Å². The third kappa shape index (κ3) is 3.18. The van der Waals surface area contributed by atoms with Crippen molar-refractivity contribution in [2.24, 2.45) is 0 Å². The third-order valence-electron chi connectivity index (χ3n) is 5.82. The van der Waals surface area contributed by atoms with E-state index in [4.69, 9.17) is 5.10 Å². The SMILES string of the molecule is Cc1nn(C2CN(CCn3cccc3)C(=O)C2c2ccccc2)c(C)c1C. The number of rotatable bonds is 5. The molecular formula is C22H26N4O. The number of hydrogen-bond donors (Lipinski definition) is 0. The molecule has 1 aliphatic rings. The lowest BCUT2D eigenvalue weighted by atomic mass is 9.93. The maximum Gasteiger partial charge on any atom is 0.232 e. The molecule has 0 spiro atoms. The second kappa shape index (κ2) is 7.06. The lowest BCUT2D eigenvalue weighted by Crippen LogP contribution is -2.30. The number of likely N-dealkylation sites (tertiary alicyclic amines) is 1. The Morgan fingerprint density at radius 1 is 1.00 bits per heavy atom. The highest BCUT2D eigenvalue weighted by Gasteiger charge is 2.43. The molecule has 140 valence electrons. The Labute approximate surface area is 160 Å². The van der Waals surface area contributed by atoms with E-state index in [-0.39, 0.29) is 17.9 Å². The second-order valence-electron chi connectivity index (χ2n) is 7.40. The number of nitrogens with zero attached hydrogens (tertiary/aromatic N) is 4. The zero-order chi connectivity index (χ0) is 19.0. The van der Waals surface area contributed by atoms with Crippen molar-refractivity contribution in [3.05, 3.63) is 77.4 Å². The fraction of sp³-hybridized carbons (Fsp3) is 0.364. The predicted octanol–water partition coefficient (Wildman–Crippen LogP) is 3.48. The Hall–Kier alpha value is -2.82. The van der Waals surface area contributed by atoms with Crippen LogP contribution in [0, 0.1) is 20.8 Å². The lowest BCUT2D eigenvalue weighted by molar-refractivity contribution is -0.129. The number of carbonyl (C=O) groups is 1. The van der Waals surface area contributed by atoms with Crippen molar-refractivity contribution < 1.29 is 4.79 Å². The Morgan fingerprint density at radius 2 is 1.70 bits per heavy atom. The summed E-state index contributed by atoms with van der Waals surface area (Å²) in [6.45, 7) is 8.46. The molecular weight excluding hydrogens is 336 g/mol. The van der Waals surface area contributed by atoms with Gasteiger partial charge in [0.05, 0.1) is 17.7 Å². The summed E-state index contributed by atoms with van der Waals surface area (Å²) in [4.78, 5) is 15.3. The van der Waals surface area contributed by atoms with Crippen LogP contribution in [0.4, 0.5) is 0 Å². The Bertz CT molecular complexity index is 927. The molecule has 27 heavy (non-hydrogen) atoms. The molecule has 1 amide bonds. The van der Waals surface area contributed by atoms with Gasteiger partial charge in [0.15, 0.2) is 0 Å². The van der Waals surface area contributed by atoms with Gasteiger partial charge >= 0.3 is 0 Å². The number of hydrogen-bond acceptors (Lipinski definition) is 2. The normalized spacial score (nSPS) is 19.8. The molecule has 3 aromatic rings. The molecule has 1 fully saturated rings. The highest BCUT2D eigenvalue weighted by atomic mass is 16.2. The lowest BCUT2D eigenvalue weighted by Gasteiger charge is -2.19. The summed E-state index contributed by atoms with van der Waals surface area (Å²) in [6.07, 6.45) is 4.08. The number of aromatic nitrogens is 3. The summed E-state index contributed by atoms with van der Waals surface area (Å²) in [7, 11) is 0. The van der Waals surface area contributed by atoms with Crippen molar-refractivity contribution in [1.29, 1.82) is 0 Å². The van der Waals surface area contributed by atoms with Crippen LogP contribution in [0.5, 0.6) is 0 Å². The largest absolute Gasteiger partial charge is 0.352 e.